The van der Waals surface area contributed by atoms with Crippen molar-refractivity contribution in [3.05, 3.63) is 95.6 Å². The second kappa shape index (κ2) is 9.60. The Bertz CT molecular complexity index is 925. The van der Waals surface area contributed by atoms with E-state index < -0.39 is 0 Å². The van der Waals surface area contributed by atoms with Crippen LogP contribution in [0.4, 0.5) is 5.69 Å². The Morgan fingerprint density at radius 1 is 0.759 bits per heavy atom. The van der Waals surface area contributed by atoms with E-state index in [9.17, 15) is 4.79 Å². The van der Waals surface area contributed by atoms with Crippen LogP contribution in [-0.2, 0) is 4.79 Å². The molecule has 0 aliphatic rings. The molecule has 4 nitrogen and oxygen atoms in total. The molecule has 0 heterocycles. The first kappa shape index (κ1) is 20.2. The summed E-state index contributed by atoms with van der Waals surface area (Å²) in [6.07, 6.45) is 0.589. The first-order valence-corrected chi connectivity index (χ1v) is 9.54. The van der Waals surface area contributed by atoms with E-state index in [1.54, 1.807) is 14.2 Å². The van der Waals surface area contributed by atoms with Crippen molar-refractivity contribution in [2.45, 2.75) is 13.3 Å². The summed E-state index contributed by atoms with van der Waals surface area (Å²) in [7, 11) is 3.28. The largest absolute Gasteiger partial charge is 0.497 e. The Kier molecular flexibility index (Phi) is 6.69. The third kappa shape index (κ3) is 4.85. The van der Waals surface area contributed by atoms with E-state index >= 15 is 0 Å². The molecule has 0 unspecified atom stereocenters. The molecule has 3 aromatic carbocycles. The lowest BCUT2D eigenvalue weighted by atomic mass is 9.91. The molecule has 0 bridgehead atoms. The molecule has 3 rings (SSSR count). The number of nitrogens with one attached hydrogen (secondary N) is 1. The number of rotatable bonds is 7. The molecule has 0 fully saturated rings. The molecule has 4 heteroatoms. The minimum absolute atomic E-state index is 0.111. The zero-order valence-electron chi connectivity index (χ0n) is 16.9. The quantitative estimate of drug-likeness (QED) is 0.540. The minimum atomic E-state index is -0.111. The van der Waals surface area contributed by atoms with Gasteiger partial charge in [0, 0.05) is 11.3 Å². The van der Waals surface area contributed by atoms with Gasteiger partial charge < -0.3 is 14.8 Å². The number of hydrogen-bond donors (Lipinski definition) is 1. The topological polar surface area (TPSA) is 47.6 Å². The highest BCUT2D eigenvalue weighted by Crippen LogP contribution is 2.31. The molecule has 0 atom stereocenters. The van der Waals surface area contributed by atoms with Gasteiger partial charge in [0.15, 0.2) is 0 Å². The van der Waals surface area contributed by atoms with Crippen molar-refractivity contribution >= 4 is 17.2 Å². The van der Waals surface area contributed by atoms with Crippen LogP contribution in [0.25, 0.3) is 5.57 Å². The lowest BCUT2D eigenvalue weighted by molar-refractivity contribution is -0.112. The van der Waals surface area contributed by atoms with Gasteiger partial charge in [-0.05, 0) is 59.5 Å². The Hall–Kier alpha value is -3.53. The van der Waals surface area contributed by atoms with E-state index in [1.807, 2.05) is 85.8 Å². The maximum Gasteiger partial charge on any atom is 0.252 e. The lowest BCUT2D eigenvalue weighted by Crippen LogP contribution is -2.16. The number of ether oxygens (including phenoxy) is 2. The lowest BCUT2D eigenvalue weighted by Gasteiger charge is -2.16. The van der Waals surface area contributed by atoms with Crippen LogP contribution < -0.4 is 14.8 Å². The van der Waals surface area contributed by atoms with Crippen molar-refractivity contribution in [3.8, 4) is 11.5 Å². The average molecular weight is 387 g/mol. The number of para-hydroxylation sites is 1. The summed E-state index contributed by atoms with van der Waals surface area (Å²) in [6, 6.07) is 25.0. The fourth-order valence-corrected chi connectivity index (χ4v) is 3.21. The molecule has 3 aromatic rings. The maximum atomic E-state index is 13.2. The Balaban J connectivity index is 2.10. The van der Waals surface area contributed by atoms with E-state index in [1.165, 1.54) is 0 Å². The van der Waals surface area contributed by atoms with Crippen LogP contribution in [0.5, 0.6) is 11.5 Å². The molecule has 0 aliphatic carbocycles. The number of amides is 1. The van der Waals surface area contributed by atoms with Gasteiger partial charge in [0.2, 0.25) is 0 Å². The third-order valence-corrected chi connectivity index (χ3v) is 4.72. The summed E-state index contributed by atoms with van der Waals surface area (Å²) in [5.41, 5.74) is 4.29. The highest BCUT2D eigenvalue weighted by Gasteiger charge is 2.18. The van der Waals surface area contributed by atoms with Gasteiger partial charge in [-0.15, -0.1) is 0 Å². The molecule has 148 valence electrons. The molecule has 0 saturated heterocycles. The van der Waals surface area contributed by atoms with Crippen LogP contribution >= 0.6 is 0 Å². The van der Waals surface area contributed by atoms with Crippen molar-refractivity contribution < 1.29 is 14.3 Å². The number of methoxy groups -OCH3 is 2. The molecule has 0 spiro atoms. The summed E-state index contributed by atoms with van der Waals surface area (Å²) in [6.45, 7) is 1.99. The number of hydrogen-bond acceptors (Lipinski definition) is 3. The molecule has 0 radical (unpaired) electrons. The fraction of sp³-hybridized carbons (Fsp3) is 0.160. The third-order valence-electron chi connectivity index (χ3n) is 4.72. The van der Waals surface area contributed by atoms with Crippen molar-refractivity contribution in [1.82, 2.24) is 0 Å². The van der Waals surface area contributed by atoms with E-state index in [0.29, 0.717) is 12.0 Å². The minimum Gasteiger partial charge on any atom is -0.497 e. The molecular formula is C25H25NO3. The first-order chi connectivity index (χ1) is 14.2. The summed E-state index contributed by atoms with van der Waals surface area (Å²) in [5.74, 6) is 1.43. The Morgan fingerprint density at radius 2 is 1.24 bits per heavy atom. The first-order valence-electron chi connectivity index (χ1n) is 9.54. The van der Waals surface area contributed by atoms with Crippen LogP contribution in [0, 0.1) is 0 Å². The van der Waals surface area contributed by atoms with Crippen molar-refractivity contribution in [2.75, 3.05) is 19.5 Å². The van der Waals surface area contributed by atoms with Gasteiger partial charge >= 0.3 is 0 Å². The van der Waals surface area contributed by atoms with Crippen LogP contribution in [-0.4, -0.2) is 20.1 Å². The summed E-state index contributed by atoms with van der Waals surface area (Å²) in [5, 5.41) is 3.01. The Labute approximate surface area is 171 Å². The number of carbonyl (C=O) groups excluding carboxylic acids is 1. The molecule has 0 aromatic heterocycles. The van der Waals surface area contributed by atoms with Crippen molar-refractivity contribution in [2.24, 2.45) is 0 Å². The van der Waals surface area contributed by atoms with Crippen molar-refractivity contribution in [3.63, 3.8) is 0 Å². The van der Waals surface area contributed by atoms with Gasteiger partial charge in [0.05, 0.1) is 14.2 Å². The monoisotopic (exact) mass is 387 g/mol. The predicted octanol–water partition coefficient (Wildman–Crippen LogP) is 5.55. The Morgan fingerprint density at radius 3 is 1.66 bits per heavy atom. The fourth-order valence-electron chi connectivity index (χ4n) is 3.21. The van der Waals surface area contributed by atoms with Crippen LogP contribution in [0.1, 0.15) is 24.5 Å². The van der Waals surface area contributed by atoms with E-state index in [-0.39, 0.29) is 5.91 Å². The average Bonchev–Trinajstić information content (AvgIpc) is 2.78. The maximum absolute atomic E-state index is 13.2. The zero-order valence-corrected chi connectivity index (χ0v) is 16.9. The SMILES string of the molecule is CCC(C(=O)Nc1ccccc1)=C(c1ccc(OC)cc1)c1ccc(OC)cc1. The van der Waals surface area contributed by atoms with Crippen LogP contribution in [0.15, 0.2) is 84.4 Å². The number of carbonyl (C=O) groups is 1. The number of benzene rings is 3. The summed E-state index contributed by atoms with van der Waals surface area (Å²) >= 11 is 0. The van der Waals surface area contributed by atoms with Gasteiger partial charge in [-0.1, -0.05) is 49.4 Å². The van der Waals surface area contributed by atoms with E-state index in [0.717, 1.165) is 33.9 Å². The van der Waals surface area contributed by atoms with E-state index in [2.05, 4.69) is 5.32 Å². The van der Waals surface area contributed by atoms with Gasteiger partial charge in [-0.2, -0.15) is 0 Å². The molecular weight excluding hydrogens is 362 g/mol. The highest BCUT2D eigenvalue weighted by molar-refractivity contribution is 6.11. The zero-order chi connectivity index (χ0) is 20.6. The molecule has 0 saturated carbocycles. The second-order valence-electron chi connectivity index (χ2n) is 6.48. The van der Waals surface area contributed by atoms with Gasteiger partial charge in [-0.25, -0.2) is 0 Å². The molecule has 0 aliphatic heterocycles. The van der Waals surface area contributed by atoms with Crippen molar-refractivity contribution in [1.29, 1.82) is 0 Å². The second-order valence-corrected chi connectivity index (χ2v) is 6.48. The molecule has 29 heavy (non-hydrogen) atoms. The van der Waals surface area contributed by atoms with Gasteiger partial charge in [0.1, 0.15) is 11.5 Å². The van der Waals surface area contributed by atoms with Crippen LogP contribution in [0.3, 0.4) is 0 Å². The molecule has 1 amide bonds. The summed E-state index contributed by atoms with van der Waals surface area (Å²) in [4.78, 5) is 13.2. The molecule has 1 N–H and O–H groups in total. The van der Waals surface area contributed by atoms with Crippen LogP contribution in [0.2, 0.25) is 0 Å². The standard InChI is InChI=1S/C25H25NO3/c1-4-23(25(27)26-20-8-6-5-7-9-20)24(18-10-14-21(28-2)15-11-18)19-12-16-22(29-3)17-13-19/h5-17H,4H2,1-3H3,(H,26,27). The number of anilines is 1. The van der Waals surface area contributed by atoms with E-state index in [4.69, 9.17) is 9.47 Å². The van der Waals surface area contributed by atoms with Gasteiger partial charge in [-0.3, -0.25) is 4.79 Å². The van der Waals surface area contributed by atoms with Gasteiger partial charge in [0.25, 0.3) is 5.91 Å². The predicted molar refractivity (Wildman–Crippen MR) is 117 cm³/mol. The highest BCUT2D eigenvalue weighted by atomic mass is 16.5. The smallest absolute Gasteiger partial charge is 0.252 e. The summed E-state index contributed by atoms with van der Waals surface area (Å²) < 4.78 is 10.6. The normalized spacial score (nSPS) is 10.2.